The largest absolute Gasteiger partial charge is 0.329 e. The number of likely N-dealkylation sites (N-methyl/N-ethyl adjacent to an activating group) is 1. The van der Waals surface area contributed by atoms with Gasteiger partial charge in [0.15, 0.2) is 0 Å². The number of hydrogen-bond acceptors (Lipinski definition) is 2. The second kappa shape index (κ2) is 5.37. The van der Waals surface area contributed by atoms with Crippen molar-refractivity contribution in [1.82, 2.24) is 4.90 Å². The Bertz CT molecular complexity index is 419. The summed E-state index contributed by atoms with van der Waals surface area (Å²) >= 11 is 0. The monoisotopic (exact) mass is 250 g/mol. The van der Waals surface area contributed by atoms with Crippen LogP contribution in [0.15, 0.2) is 18.2 Å². The first-order valence-electron chi connectivity index (χ1n) is 6.69. The molecule has 0 radical (unpaired) electrons. The minimum atomic E-state index is -0.140. The van der Waals surface area contributed by atoms with Gasteiger partial charge in [0.1, 0.15) is 5.82 Å². The molecule has 100 valence electrons. The van der Waals surface area contributed by atoms with E-state index in [0.717, 1.165) is 23.9 Å². The molecule has 2 rings (SSSR count). The molecule has 2 nitrogen and oxygen atoms in total. The van der Waals surface area contributed by atoms with Crippen LogP contribution in [-0.2, 0) is 0 Å². The Balaban J connectivity index is 2.08. The molecule has 3 atom stereocenters. The van der Waals surface area contributed by atoms with Gasteiger partial charge in [-0.15, -0.1) is 0 Å². The second-order valence-electron chi connectivity index (χ2n) is 5.67. The summed E-state index contributed by atoms with van der Waals surface area (Å²) < 4.78 is 13.6. The van der Waals surface area contributed by atoms with Crippen molar-refractivity contribution in [2.75, 3.05) is 20.1 Å². The van der Waals surface area contributed by atoms with E-state index >= 15 is 0 Å². The third-order valence-corrected chi connectivity index (χ3v) is 4.13. The van der Waals surface area contributed by atoms with Crippen molar-refractivity contribution in [3.63, 3.8) is 0 Å². The normalized spacial score (nSPS) is 24.3. The SMILES string of the molecule is Cc1ccc(C(CN)N(C)CC2CC2C)cc1F. The number of hydrogen-bond donors (Lipinski definition) is 1. The molecule has 0 saturated heterocycles. The molecule has 3 unspecified atom stereocenters. The van der Waals surface area contributed by atoms with Gasteiger partial charge in [-0.2, -0.15) is 0 Å². The number of aryl methyl sites for hydroxylation is 1. The van der Waals surface area contributed by atoms with Crippen molar-refractivity contribution in [3.05, 3.63) is 35.1 Å². The van der Waals surface area contributed by atoms with Gasteiger partial charge in [-0.3, -0.25) is 4.90 Å². The molecule has 1 aromatic rings. The van der Waals surface area contributed by atoms with Crippen LogP contribution in [-0.4, -0.2) is 25.0 Å². The third-order valence-electron chi connectivity index (χ3n) is 4.13. The number of halogens is 1. The molecule has 18 heavy (non-hydrogen) atoms. The van der Waals surface area contributed by atoms with E-state index in [2.05, 4.69) is 18.9 Å². The molecule has 1 aliphatic rings. The van der Waals surface area contributed by atoms with Crippen molar-refractivity contribution in [2.24, 2.45) is 17.6 Å². The Morgan fingerprint density at radius 1 is 1.50 bits per heavy atom. The maximum atomic E-state index is 13.6. The van der Waals surface area contributed by atoms with E-state index < -0.39 is 0 Å². The van der Waals surface area contributed by atoms with Gasteiger partial charge in [-0.25, -0.2) is 4.39 Å². The molecule has 0 bridgehead atoms. The molecule has 1 aromatic carbocycles. The van der Waals surface area contributed by atoms with E-state index in [0.29, 0.717) is 12.1 Å². The highest BCUT2D eigenvalue weighted by atomic mass is 19.1. The predicted molar refractivity (Wildman–Crippen MR) is 72.8 cm³/mol. The van der Waals surface area contributed by atoms with Gasteiger partial charge in [-0.1, -0.05) is 19.1 Å². The first kappa shape index (κ1) is 13.5. The third kappa shape index (κ3) is 2.90. The molecule has 1 fully saturated rings. The quantitative estimate of drug-likeness (QED) is 0.870. The summed E-state index contributed by atoms with van der Waals surface area (Å²) in [6.45, 7) is 5.65. The average Bonchev–Trinajstić information content (AvgIpc) is 3.00. The van der Waals surface area contributed by atoms with Crippen LogP contribution in [0.5, 0.6) is 0 Å². The van der Waals surface area contributed by atoms with Crippen LogP contribution in [0.1, 0.15) is 30.5 Å². The average molecular weight is 250 g/mol. The molecular formula is C15H23FN2. The van der Waals surface area contributed by atoms with Crippen LogP contribution in [0.4, 0.5) is 4.39 Å². The van der Waals surface area contributed by atoms with Crippen LogP contribution in [0.25, 0.3) is 0 Å². The number of nitrogens with zero attached hydrogens (tertiary/aromatic N) is 1. The first-order valence-corrected chi connectivity index (χ1v) is 6.69. The first-order chi connectivity index (χ1) is 8.52. The van der Waals surface area contributed by atoms with Gasteiger partial charge in [0.25, 0.3) is 0 Å². The molecule has 0 spiro atoms. The lowest BCUT2D eigenvalue weighted by atomic mass is 10.0. The minimum absolute atomic E-state index is 0.118. The smallest absolute Gasteiger partial charge is 0.126 e. The zero-order valence-electron chi connectivity index (χ0n) is 11.5. The van der Waals surface area contributed by atoms with Gasteiger partial charge in [-0.05, 0) is 49.4 Å². The molecular weight excluding hydrogens is 227 g/mol. The zero-order chi connectivity index (χ0) is 13.3. The van der Waals surface area contributed by atoms with Crippen molar-refractivity contribution >= 4 is 0 Å². The Morgan fingerprint density at radius 2 is 2.17 bits per heavy atom. The molecule has 2 N–H and O–H groups in total. The van der Waals surface area contributed by atoms with Crippen LogP contribution < -0.4 is 5.73 Å². The molecule has 0 aromatic heterocycles. The molecule has 0 heterocycles. The van der Waals surface area contributed by atoms with Gasteiger partial charge in [0.05, 0.1) is 0 Å². The molecule has 1 saturated carbocycles. The van der Waals surface area contributed by atoms with E-state index in [1.165, 1.54) is 6.42 Å². The highest BCUT2D eigenvalue weighted by molar-refractivity contribution is 5.26. The van der Waals surface area contributed by atoms with Crippen LogP contribution in [0, 0.1) is 24.6 Å². The Kier molecular flexibility index (Phi) is 4.03. The van der Waals surface area contributed by atoms with Gasteiger partial charge in [0, 0.05) is 19.1 Å². The lowest BCUT2D eigenvalue weighted by Gasteiger charge is -2.27. The van der Waals surface area contributed by atoms with Gasteiger partial charge in [0.2, 0.25) is 0 Å². The summed E-state index contributed by atoms with van der Waals surface area (Å²) in [6.07, 6.45) is 1.31. The van der Waals surface area contributed by atoms with E-state index in [4.69, 9.17) is 5.73 Å². The van der Waals surface area contributed by atoms with Crippen LogP contribution in [0.2, 0.25) is 0 Å². The molecule has 1 aliphatic carbocycles. The topological polar surface area (TPSA) is 29.3 Å². The maximum absolute atomic E-state index is 13.6. The molecule has 3 heteroatoms. The summed E-state index contributed by atoms with van der Waals surface area (Å²) in [5, 5.41) is 0. The van der Waals surface area contributed by atoms with E-state index in [1.54, 1.807) is 13.0 Å². The fraction of sp³-hybridized carbons (Fsp3) is 0.600. The minimum Gasteiger partial charge on any atom is -0.329 e. The highest BCUT2D eigenvalue weighted by Crippen LogP contribution is 2.39. The van der Waals surface area contributed by atoms with E-state index in [9.17, 15) is 4.39 Å². The number of rotatable bonds is 5. The number of benzene rings is 1. The summed E-state index contributed by atoms with van der Waals surface area (Å²) in [4.78, 5) is 2.26. The summed E-state index contributed by atoms with van der Waals surface area (Å²) in [6, 6.07) is 5.57. The summed E-state index contributed by atoms with van der Waals surface area (Å²) in [5.41, 5.74) is 7.53. The predicted octanol–water partition coefficient (Wildman–Crippen LogP) is 2.72. The fourth-order valence-corrected chi connectivity index (χ4v) is 2.54. The molecule has 0 aliphatic heterocycles. The highest BCUT2D eigenvalue weighted by Gasteiger charge is 2.34. The Labute approximate surface area is 109 Å². The van der Waals surface area contributed by atoms with E-state index in [-0.39, 0.29) is 11.9 Å². The van der Waals surface area contributed by atoms with Gasteiger partial charge >= 0.3 is 0 Å². The lowest BCUT2D eigenvalue weighted by molar-refractivity contribution is 0.236. The summed E-state index contributed by atoms with van der Waals surface area (Å²) in [5.74, 6) is 1.49. The van der Waals surface area contributed by atoms with Crippen molar-refractivity contribution in [2.45, 2.75) is 26.3 Å². The van der Waals surface area contributed by atoms with Crippen molar-refractivity contribution in [1.29, 1.82) is 0 Å². The summed E-state index contributed by atoms with van der Waals surface area (Å²) in [7, 11) is 2.08. The van der Waals surface area contributed by atoms with Crippen LogP contribution >= 0.6 is 0 Å². The number of nitrogens with two attached hydrogens (primary N) is 1. The van der Waals surface area contributed by atoms with Crippen molar-refractivity contribution in [3.8, 4) is 0 Å². The Hall–Kier alpha value is -0.930. The maximum Gasteiger partial charge on any atom is 0.126 e. The van der Waals surface area contributed by atoms with Crippen LogP contribution in [0.3, 0.4) is 0 Å². The second-order valence-corrected chi connectivity index (χ2v) is 5.67. The zero-order valence-corrected chi connectivity index (χ0v) is 11.5. The Morgan fingerprint density at radius 3 is 2.67 bits per heavy atom. The van der Waals surface area contributed by atoms with E-state index in [1.807, 2.05) is 12.1 Å². The lowest BCUT2D eigenvalue weighted by Crippen LogP contribution is -2.32. The van der Waals surface area contributed by atoms with Crippen molar-refractivity contribution < 1.29 is 4.39 Å². The standard InChI is InChI=1S/C15H23FN2/c1-10-4-5-12(7-14(10)16)15(8-17)18(3)9-13-6-11(13)2/h4-5,7,11,13,15H,6,8-9,17H2,1-3H3. The van der Waals surface area contributed by atoms with Gasteiger partial charge < -0.3 is 5.73 Å². The molecule has 0 amide bonds. The fourth-order valence-electron chi connectivity index (χ4n) is 2.54.